The minimum atomic E-state index is -1.07. The molecular formula is C18H17Br2ClO3. The fourth-order valence-corrected chi connectivity index (χ4v) is 3.58. The van der Waals surface area contributed by atoms with Gasteiger partial charge in [0.15, 0.2) is 11.5 Å². The maximum Gasteiger partial charge on any atom is 0.230 e. The zero-order valence-corrected chi connectivity index (χ0v) is 17.4. The van der Waals surface area contributed by atoms with Crippen molar-refractivity contribution in [1.82, 2.24) is 0 Å². The van der Waals surface area contributed by atoms with Crippen LogP contribution in [0.2, 0.25) is 0 Å². The molecule has 0 saturated heterocycles. The Balaban J connectivity index is 2.20. The highest BCUT2D eigenvalue weighted by Gasteiger charge is 2.30. The van der Waals surface area contributed by atoms with Gasteiger partial charge in [0.2, 0.25) is 5.56 Å². The van der Waals surface area contributed by atoms with E-state index in [9.17, 15) is 4.79 Å². The van der Waals surface area contributed by atoms with Crippen molar-refractivity contribution in [2.24, 2.45) is 5.41 Å². The van der Waals surface area contributed by atoms with E-state index in [1.165, 1.54) is 0 Å². The molecular weight excluding hydrogens is 459 g/mol. The van der Waals surface area contributed by atoms with Gasteiger partial charge in [0, 0.05) is 5.41 Å². The fourth-order valence-electron chi connectivity index (χ4n) is 1.83. The molecule has 0 aliphatic rings. The molecule has 0 saturated carbocycles. The van der Waals surface area contributed by atoms with Gasteiger partial charge >= 0.3 is 0 Å². The second-order valence-electron chi connectivity index (χ2n) is 6.18. The SMILES string of the molecule is CC(C)(C)C(=O)C(Cl)Oc1c(Br)cc(Oc2ccccc2)cc1Br. The summed E-state index contributed by atoms with van der Waals surface area (Å²) in [6, 6.07) is 13.0. The van der Waals surface area contributed by atoms with Crippen LogP contribution in [0.5, 0.6) is 17.2 Å². The second kappa shape index (κ2) is 7.89. The summed E-state index contributed by atoms with van der Waals surface area (Å²) in [4.78, 5) is 12.2. The van der Waals surface area contributed by atoms with Crippen LogP contribution in [-0.2, 0) is 4.79 Å². The smallest absolute Gasteiger partial charge is 0.230 e. The number of alkyl halides is 1. The number of benzene rings is 2. The highest BCUT2D eigenvalue weighted by atomic mass is 79.9. The predicted molar refractivity (Wildman–Crippen MR) is 103 cm³/mol. The van der Waals surface area contributed by atoms with Gasteiger partial charge in [-0.15, -0.1) is 0 Å². The van der Waals surface area contributed by atoms with E-state index in [0.29, 0.717) is 20.4 Å². The average molecular weight is 477 g/mol. The molecule has 0 radical (unpaired) electrons. The molecule has 6 heteroatoms. The van der Waals surface area contributed by atoms with Crippen LogP contribution in [0.25, 0.3) is 0 Å². The van der Waals surface area contributed by atoms with Crippen LogP contribution in [0, 0.1) is 5.41 Å². The lowest BCUT2D eigenvalue weighted by Crippen LogP contribution is -2.32. The third-order valence-corrected chi connectivity index (χ3v) is 4.58. The molecule has 0 amide bonds. The maximum atomic E-state index is 12.2. The van der Waals surface area contributed by atoms with Crippen molar-refractivity contribution in [3.63, 3.8) is 0 Å². The molecule has 3 nitrogen and oxygen atoms in total. The Labute approximate surface area is 163 Å². The van der Waals surface area contributed by atoms with E-state index in [1.54, 1.807) is 32.9 Å². The molecule has 2 aromatic rings. The van der Waals surface area contributed by atoms with Crippen molar-refractivity contribution in [3.05, 3.63) is 51.4 Å². The number of para-hydroxylation sites is 1. The summed E-state index contributed by atoms with van der Waals surface area (Å²) in [5.74, 6) is 1.62. The van der Waals surface area contributed by atoms with Gasteiger partial charge < -0.3 is 9.47 Å². The standard InChI is InChI=1S/C18H17Br2ClO3/c1-18(2,3)16(22)17(21)24-15-13(19)9-12(10-14(15)20)23-11-7-5-4-6-8-11/h4-10,17H,1-3H3. The number of hydrogen-bond donors (Lipinski definition) is 0. The Kier molecular flexibility index (Phi) is 6.34. The molecule has 0 spiro atoms. The number of ether oxygens (including phenoxy) is 2. The highest BCUT2D eigenvalue weighted by Crippen LogP contribution is 2.40. The van der Waals surface area contributed by atoms with Gasteiger partial charge in [-0.2, -0.15) is 0 Å². The number of hydrogen-bond acceptors (Lipinski definition) is 3. The molecule has 0 aliphatic carbocycles. The van der Waals surface area contributed by atoms with Crippen LogP contribution in [0.3, 0.4) is 0 Å². The van der Waals surface area contributed by atoms with Gasteiger partial charge in [0.25, 0.3) is 0 Å². The van der Waals surface area contributed by atoms with Gasteiger partial charge in [-0.3, -0.25) is 4.79 Å². The Morgan fingerprint density at radius 2 is 1.58 bits per heavy atom. The summed E-state index contributed by atoms with van der Waals surface area (Å²) in [6.45, 7) is 5.40. The van der Waals surface area contributed by atoms with Gasteiger partial charge in [0.05, 0.1) is 8.95 Å². The van der Waals surface area contributed by atoms with E-state index >= 15 is 0 Å². The van der Waals surface area contributed by atoms with E-state index in [0.717, 1.165) is 5.75 Å². The van der Waals surface area contributed by atoms with E-state index < -0.39 is 11.0 Å². The molecule has 2 rings (SSSR count). The number of ketones is 1. The summed E-state index contributed by atoms with van der Waals surface area (Å²) < 4.78 is 12.7. The highest BCUT2D eigenvalue weighted by molar-refractivity contribution is 9.11. The lowest BCUT2D eigenvalue weighted by atomic mass is 9.91. The largest absolute Gasteiger partial charge is 0.465 e. The minimum Gasteiger partial charge on any atom is -0.465 e. The van der Waals surface area contributed by atoms with Crippen molar-refractivity contribution in [2.75, 3.05) is 0 Å². The van der Waals surface area contributed by atoms with Crippen molar-refractivity contribution in [2.45, 2.75) is 26.3 Å². The van der Waals surface area contributed by atoms with Crippen LogP contribution in [0.1, 0.15) is 20.8 Å². The molecule has 0 N–H and O–H groups in total. The second-order valence-corrected chi connectivity index (χ2v) is 8.28. The molecule has 0 aromatic heterocycles. The molecule has 1 atom stereocenters. The predicted octanol–water partition coefficient (Wildman–Crippen LogP) is 6.56. The van der Waals surface area contributed by atoms with Crippen LogP contribution in [0.4, 0.5) is 0 Å². The third-order valence-electron chi connectivity index (χ3n) is 3.12. The first-order valence-corrected chi connectivity index (χ1v) is 9.27. The van der Waals surface area contributed by atoms with Gasteiger partial charge in [0.1, 0.15) is 11.5 Å². The number of halogens is 3. The number of rotatable bonds is 5. The van der Waals surface area contributed by atoms with Crippen molar-refractivity contribution in [1.29, 1.82) is 0 Å². The summed E-state index contributed by atoms with van der Waals surface area (Å²) in [5.41, 5.74) is -1.65. The van der Waals surface area contributed by atoms with Crippen molar-refractivity contribution >= 4 is 49.2 Å². The molecule has 0 heterocycles. The van der Waals surface area contributed by atoms with Crippen molar-refractivity contribution in [3.8, 4) is 17.2 Å². The molecule has 2 aromatic carbocycles. The van der Waals surface area contributed by atoms with E-state index in [4.69, 9.17) is 21.1 Å². The molecule has 1 unspecified atom stereocenters. The normalized spacial score (nSPS) is 12.6. The molecule has 128 valence electrons. The maximum absolute atomic E-state index is 12.2. The topological polar surface area (TPSA) is 35.5 Å². The van der Waals surface area contributed by atoms with Crippen LogP contribution >= 0.6 is 43.5 Å². The van der Waals surface area contributed by atoms with Gasteiger partial charge in [-0.05, 0) is 56.1 Å². The van der Waals surface area contributed by atoms with Gasteiger partial charge in [-0.25, -0.2) is 0 Å². The Morgan fingerprint density at radius 1 is 1.04 bits per heavy atom. The number of carbonyl (C=O) groups excluding carboxylic acids is 1. The van der Waals surface area contributed by atoms with Crippen LogP contribution in [0.15, 0.2) is 51.4 Å². The van der Waals surface area contributed by atoms with Crippen LogP contribution in [-0.4, -0.2) is 11.3 Å². The molecule has 0 bridgehead atoms. The van der Waals surface area contributed by atoms with E-state index in [1.807, 2.05) is 30.3 Å². The summed E-state index contributed by atoms with van der Waals surface area (Å²) in [6.07, 6.45) is 0. The molecule has 0 aliphatic heterocycles. The summed E-state index contributed by atoms with van der Waals surface area (Å²) in [7, 11) is 0. The summed E-state index contributed by atoms with van der Waals surface area (Å²) >= 11 is 13.0. The zero-order valence-electron chi connectivity index (χ0n) is 13.5. The van der Waals surface area contributed by atoms with Gasteiger partial charge in [-0.1, -0.05) is 50.6 Å². The quantitative estimate of drug-likeness (QED) is 0.458. The minimum absolute atomic E-state index is 0.187. The van der Waals surface area contributed by atoms with E-state index in [2.05, 4.69) is 31.9 Å². The number of Topliss-reactive ketones (excluding diaryl/α,β-unsaturated/α-hetero) is 1. The monoisotopic (exact) mass is 474 g/mol. The fraction of sp³-hybridized carbons (Fsp3) is 0.278. The zero-order chi connectivity index (χ0) is 17.9. The van der Waals surface area contributed by atoms with E-state index in [-0.39, 0.29) is 5.78 Å². The lowest BCUT2D eigenvalue weighted by molar-refractivity contribution is -0.130. The first-order valence-electron chi connectivity index (χ1n) is 7.25. The Hall–Kier alpha value is -1.04. The Morgan fingerprint density at radius 3 is 2.08 bits per heavy atom. The third kappa shape index (κ3) is 4.98. The summed E-state index contributed by atoms with van der Waals surface area (Å²) in [5, 5.41) is 0. The Bertz CT molecular complexity index is 704. The molecule has 24 heavy (non-hydrogen) atoms. The average Bonchev–Trinajstić information content (AvgIpc) is 2.50. The first kappa shape index (κ1) is 19.3. The van der Waals surface area contributed by atoms with Crippen molar-refractivity contribution < 1.29 is 14.3 Å². The lowest BCUT2D eigenvalue weighted by Gasteiger charge is -2.22. The number of carbonyl (C=O) groups is 1. The molecule has 0 fully saturated rings. The first-order chi connectivity index (χ1) is 11.2. The van der Waals surface area contributed by atoms with Crippen LogP contribution < -0.4 is 9.47 Å².